The molecule has 0 unspecified atom stereocenters. The number of aryl methyl sites for hydroxylation is 2. The first kappa shape index (κ1) is 20.9. The Bertz CT molecular complexity index is 812. The van der Waals surface area contributed by atoms with Gasteiger partial charge in [-0.2, -0.15) is 0 Å². The number of unbranched alkanes of at least 4 members (excludes halogenated alkanes) is 1. The summed E-state index contributed by atoms with van der Waals surface area (Å²) in [6.07, 6.45) is 7.65. The Morgan fingerprint density at radius 1 is 0.867 bits per heavy atom. The zero-order valence-corrected chi connectivity index (χ0v) is 18.1. The summed E-state index contributed by atoms with van der Waals surface area (Å²) in [6, 6.07) is 17.3. The fraction of sp³-hybridized carbons (Fsp3) is 0.500. The van der Waals surface area contributed by atoms with E-state index in [0.717, 1.165) is 57.7 Å². The number of piperazine rings is 1. The minimum absolute atomic E-state index is 0.155. The van der Waals surface area contributed by atoms with E-state index >= 15 is 0 Å². The van der Waals surface area contributed by atoms with Gasteiger partial charge in [-0.3, -0.25) is 9.69 Å². The lowest BCUT2D eigenvalue weighted by Gasteiger charge is -2.36. The van der Waals surface area contributed by atoms with Crippen LogP contribution < -0.4 is 10.2 Å². The highest BCUT2D eigenvalue weighted by atomic mass is 16.1. The number of hydrogen-bond donors (Lipinski definition) is 1. The maximum atomic E-state index is 12.3. The lowest BCUT2D eigenvalue weighted by molar-refractivity contribution is -0.120. The monoisotopic (exact) mass is 405 g/mol. The van der Waals surface area contributed by atoms with Crippen LogP contribution in [0.3, 0.4) is 0 Å². The molecule has 0 spiro atoms. The summed E-state index contributed by atoms with van der Waals surface area (Å²) < 4.78 is 0. The fourth-order valence-corrected chi connectivity index (χ4v) is 4.70. The van der Waals surface area contributed by atoms with Gasteiger partial charge in [-0.25, -0.2) is 0 Å². The molecule has 1 fully saturated rings. The Balaban J connectivity index is 1.09. The third-order valence-electron chi connectivity index (χ3n) is 6.49. The summed E-state index contributed by atoms with van der Waals surface area (Å²) in [6.45, 7) is 6.36. The van der Waals surface area contributed by atoms with Gasteiger partial charge in [-0.1, -0.05) is 36.4 Å². The third-order valence-corrected chi connectivity index (χ3v) is 6.49. The van der Waals surface area contributed by atoms with Gasteiger partial charge in [0.15, 0.2) is 0 Å². The van der Waals surface area contributed by atoms with E-state index in [9.17, 15) is 4.79 Å². The van der Waals surface area contributed by atoms with Crippen molar-refractivity contribution in [3.05, 3.63) is 65.2 Å². The predicted octanol–water partition coefficient (Wildman–Crippen LogP) is 3.83. The van der Waals surface area contributed by atoms with Crippen molar-refractivity contribution in [1.29, 1.82) is 0 Å². The van der Waals surface area contributed by atoms with E-state index in [1.54, 1.807) is 0 Å². The zero-order chi connectivity index (χ0) is 20.6. The molecule has 1 saturated heterocycles. The standard InChI is InChI=1S/C26H35N3O/c30-26(21-22-12-13-23-8-4-5-9-24(23)20-22)27-14-6-7-15-28-16-18-29(19-17-28)25-10-2-1-3-11-25/h1-3,10-13,20H,4-9,14-19,21H2,(H,27,30). The second-order valence-corrected chi connectivity index (χ2v) is 8.71. The number of anilines is 1. The van der Waals surface area contributed by atoms with Crippen molar-refractivity contribution in [2.45, 2.75) is 44.9 Å². The van der Waals surface area contributed by atoms with E-state index in [2.05, 4.69) is 63.6 Å². The molecule has 0 saturated carbocycles. The summed E-state index contributed by atoms with van der Waals surface area (Å²) in [5.41, 5.74) is 5.43. The molecular formula is C26H35N3O. The van der Waals surface area contributed by atoms with Gasteiger partial charge in [0.2, 0.25) is 5.91 Å². The molecule has 1 aliphatic carbocycles. The Hall–Kier alpha value is -2.33. The van der Waals surface area contributed by atoms with Crippen molar-refractivity contribution in [3.8, 4) is 0 Å². The molecule has 0 bridgehead atoms. The maximum Gasteiger partial charge on any atom is 0.224 e. The average molecular weight is 406 g/mol. The number of hydrogen-bond acceptors (Lipinski definition) is 3. The topological polar surface area (TPSA) is 35.6 Å². The molecule has 0 atom stereocenters. The van der Waals surface area contributed by atoms with E-state index in [-0.39, 0.29) is 5.91 Å². The predicted molar refractivity (Wildman–Crippen MR) is 124 cm³/mol. The van der Waals surface area contributed by atoms with Gasteiger partial charge < -0.3 is 10.2 Å². The molecule has 2 aliphatic rings. The number of carbonyl (C=O) groups excluding carboxylic acids is 1. The number of nitrogens with one attached hydrogen (secondary N) is 1. The van der Waals surface area contributed by atoms with Crippen molar-refractivity contribution in [3.63, 3.8) is 0 Å². The van der Waals surface area contributed by atoms with Gasteiger partial charge in [0, 0.05) is 38.4 Å². The zero-order valence-electron chi connectivity index (χ0n) is 18.1. The van der Waals surface area contributed by atoms with Crippen molar-refractivity contribution >= 4 is 11.6 Å². The van der Waals surface area contributed by atoms with Gasteiger partial charge in [0.25, 0.3) is 0 Å². The maximum absolute atomic E-state index is 12.3. The summed E-state index contributed by atoms with van der Waals surface area (Å²) in [5.74, 6) is 0.155. The Morgan fingerprint density at radius 3 is 2.43 bits per heavy atom. The van der Waals surface area contributed by atoms with Gasteiger partial charge in [0.05, 0.1) is 6.42 Å². The van der Waals surface area contributed by atoms with Crippen LogP contribution in [0.2, 0.25) is 0 Å². The minimum atomic E-state index is 0.155. The molecule has 2 aromatic carbocycles. The van der Waals surface area contributed by atoms with Crippen LogP contribution in [0.25, 0.3) is 0 Å². The summed E-state index contributed by atoms with van der Waals surface area (Å²) in [4.78, 5) is 17.3. The normalized spacial score (nSPS) is 16.9. The Kier molecular flexibility index (Phi) is 7.41. The van der Waals surface area contributed by atoms with Crippen LogP contribution in [0.15, 0.2) is 48.5 Å². The molecule has 0 aromatic heterocycles. The van der Waals surface area contributed by atoms with Crippen LogP contribution in [0.5, 0.6) is 0 Å². The number of benzene rings is 2. The molecule has 2 aromatic rings. The molecule has 1 N–H and O–H groups in total. The van der Waals surface area contributed by atoms with Crippen LogP contribution in [0.4, 0.5) is 5.69 Å². The van der Waals surface area contributed by atoms with Gasteiger partial charge in [-0.15, -0.1) is 0 Å². The first-order chi connectivity index (χ1) is 14.8. The van der Waals surface area contributed by atoms with Gasteiger partial charge in [0.1, 0.15) is 0 Å². The molecule has 30 heavy (non-hydrogen) atoms. The third kappa shape index (κ3) is 5.85. The average Bonchev–Trinajstić information content (AvgIpc) is 2.80. The molecule has 4 rings (SSSR count). The Labute approximate surface area is 181 Å². The molecule has 1 aliphatic heterocycles. The van der Waals surface area contributed by atoms with Crippen molar-refractivity contribution < 1.29 is 4.79 Å². The summed E-state index contributed by atoms with van der Waals surface area (Å²) in [7, 11) is 0. The SMILES string of the molecule is O=C(Cc1ccc2c(c1)CCCC2)NCCCCN1CCN(c2ccccc2)CC1. The largest absolute Gasteiger partial charge is 0.369 e. The van der Waals surface area contributed by atoms with E-state index in [0.29, 0.717) is 6.42 Å². The summed E-state index contributed by atoms with van der Waals surface area (Å²) >= 11 is 0. The van der Waals surface area contributed by atoms with E-state index in [1.807, 2.05) is 0 Å². The second-order valence-electron chi connectivity index (χ2n) is 8.71. The number of amides is 1. The van der Waals surface area contributed by atoms with Crippen molar-refractivity contribution in [2.24, 2.45) is 0 Å². The molecule has 1 amide bonds. The quantitative estimate of drug-likeness (QED) is 0.678. The Morgan fingerprint density at radius 2 is 1.63 bits per heavy atom. The van der Waals surface area contributed by atoms with Crippen LogP contribution in [-0.2, 0) is 24.1 Å². The van der Waals surface area contributed by atoms with Gasteiger partial charge >= 0.3 is 0 Å². The first-order valence-corrected chi connectivity index (χ1v) is 11.7. The molecule has 1 heterocycles. The van der Waals surface area contributed by atoms with Crippen molar-refractivity contribution in [2.75, 3.05) is 44.2 Å². The number of rotatable bonds is 8. The lowest BCUT2D eigenvalue weighted by atomic mass is 9.90. The van der Waals surface area contributed by atoms with Crippen LogP contribution in [0, 0.1) is 0 Å². The molecule has 4 heteroatoms. The van der Waals surface area contributed by atoms with Gasteiger partial charge in [-0.05, 0) is 73.9 Å². The van der Waals surface area contributed by atoms with Crippen molar-refractivity contribution in [1.82, 2.24) is 10.2 Å². The van der Waals surface area contributed by atoms with E-state index in [4.69, 9.17) is 0 Å². The fourth-order valence-electron chi connectivity index (χ4n) is 4.70. The molecular weight excluding hydrogens is 370 g/mol. The highest BCUT2D eigenvalue weighted by Gasteiger charge is 2.16. The second kappa shape index (κ2) is 10.6. The number of nitrogens with zero attached hydrogens (tertiary/aromatic N) is 2. The van der Waals surface area contributed by atoms with E-state index in [1.165, 1.54) is 42.5 Å². The molecule has 160 valence electrons. The lowest BCUT2D eigenvalue weighted by Crippen LogP contribution is -2.46. The number of fused-ring (bicyclic) bond motifs is 1. The number of para-hydroxylation sites is 1. The van der Waals surface area contributed by atoms with Crippen LogP contribution in [-0.4, -0.2) is 50.1 Å². The smallest absolute Gasteiger partial charge is 0.224 e. The number of carbonyl (C=O) groups is 1. The molecule has 4 nitrogen and oxygen atoms in total. The minimum Gasteiger partial charge on any atom is -0.369 e. The summed E-state index contributed by atoms with van der Waals surface area (Å²) in [5, 5.41) is 3.11. The van der Waals surface area contributed by atoms with Crippen LogP contribution in [0.1, 0.15) is 42.4 Å². The molecule has 0 radical (unpaired) electrons. The first-order valence-electron chi connectivity index (χ1n) is 11.7. The van der Waals surface area contributed by atoms with Crippen LogP contribution >= 0.6 is 0 Å². The highest BCUT2D eigenvalue weighted by molar-refractivity contribution is 5.78. The van der Waals surface area contributed by atoms with E-state index < -0.39 is 0 Å². The highest BCUT2D eigenvalue weighted by Crippen LogP contribution is 2.22.